The van der Waals surface area contributed by atoms with Crippen LogP contribution in [0.25, 0.3) is 10.9 Å². The summed E-state index contributed by atoms with van der Waals surface area (Å²) in [5.41, 5.74) is -1.08. The van der Waals surface area contributed by atoms with Gasteiger partial charge in [-0.05, 0) is 44.4 Å². The Hall–Kier alpha value is -3.56. The van der Waals surface area contributed by atoms with Crippen LogP contribution in [0, 0.1) is 5.92 Å². The quantitative estimate of drug-likeness (QED) is 0.506. The van der Waals surface area contributed by atoms with Gasteiger partial charge in [0.15, 0.2) is 0 Å². The lowest BCUT2D eigenvalue weighted by molar-refractivity contribution is -0.130. The number of aliphatic hydroxyl groups is 1. The van der Waals surface area contributed by atoms with Gasteiger partial charge in [0.05, 0.1) is 28.2 Å². The highest BCUT2D eigenvalue weighted by molar-refractivity contribution is 6.05. The number of nitrogens with zero attached hydrogens (tertiary/aromatic N) is 3. The summed E-state index contributed by atoms with van der Waals surface area (Å²) in [7, 11) is 0. The van der Waals surface area contributed by atoms with Gasteiger partial charge in [-0.1, -0.05) is 44.2 Å². The molecule has 0 saturated carbocycles. The fraction of sp³-hybridized carbons (Fsp3) is 0.429. The SMILES string of the molecule is CC(C)C[C@H]1NC(=O)[C@@H](C[C@]2(O)c3ccccc3N3C(=O)C(C)(C)N[C@H]32)n2c1nc1ccccc1c2=O. The van der Waals surface area contributed by atoms with Crippen molar-refractivity contribution in [1.82, 2.24) is 20.2 Å². The van der Waals surface area contributed by atoms with Crippen molar-refractivity contribution in [1.29, 1.82) is 0 Å². The first-order valence-electron chi connectivity index (χ1n) is 12.8. The number of hydrogen-bond donors (Lipinski definition) is 3. The van der Waals surface area contributed by atoms with E-state index in [1.807, 2.05) is 12.1 Å². The van der Waals surface area contributed by atoms with Crippen molar-refractivity contribution in [2.75, 3.05) is 4.90 Å². The van der Waals surface area contributed by atoms with Gasteiger partial charge in [0, 0.05) is 12.0 Å². The van der Waals surface area contributed by atoms with E-state index in [4.69, 9.17) is 4.98 Å². The Morgan fingerprint density at radius 2 is 1.76 bits per heavy atom. The molecule has 0 aliphatic carbocycles. The number of anilines is 1. The summed E-state index contributed by atoms with van der Waals surface area (Å²) < 4.78 is 1.47. The van der Waals surface area contributed by atoms with Crippen molar-refractivity contribution >= 4 is 28.4 Å². The molecule has 3 aromatic rings. The Kier molecular flexibility index (Phi) is 5.13. The molecule has 6 rings (SSSR count). The second-order valence-corrected chi connectivity index (χ2v) is 11.4. The molecule has 4 heterocycles. The molecule has 2 aromatic carbocycles. The average Bonchev–Trinajstić information content (AvgIpc) is 3.23. The lowest BCUT2D eigenvalue weighted by Crippen LogP contribution is -2.55. The zero-order chi connectivity index (χ0) is 26.3. The van der Waals surface area contributed by atoms with Crippen molar-refractivity contribution < 1.29 is 14.7 Å². The lowest BCUT2D eigenvalue weighted by atomic mass is 9.84. The number of amides is 2. The Labute approximate surface area is 214 Å². The maximum absolute atomic E-state index is 13.8. The van der Waals surface area contributed by atoms with E-state index in [2.05, 4.69) is 24.5 Å². The first-order valence-corrected chi connectivity index (χ1v) is 12.8. The molecule has 1 aromatic heterocycles. The van der Waals surface area contributed by atoms with Gasteiger partial charge in [0.25, 0.3) is 5.56 Å². The second kappa shape index (κ2) is 7.97. The zero-order valence-electron chi connectivity index (χ0n) is 21.4. The number of carbonyl (C=O) groups excluding carboxylic acids is 2. The molecule has 0 unspecified atom stereocenters. The zero-order valence-corrected chi connectivity index (χ0v) is 21.4. The third-order valence-corrected chi connectivity index (χ3v) is 7.88. The van der Waals surface area contributed by atoms with Crippen LogP contribution in [0.2, 0.25) is 0 Å². The van der Waals surface area contributed by atoms with E-state index in [1.54, 1.807) is 55.1 Å². The van der Waals surface area contributed by atoms with Crippen LogP contribution >= 0.6 is 0 Å². The molecule has 0 spiro atoms. The van der Waals surface area contributed by atoms with E-state index in [0.29, 0.717) is 34.4 Å². The van der Waals surface area contributed by atoms with E-state index in [1.165, 1.54) is 4.57 Å². The summed E-state index contributed by atoms with van der Waals surface area (Å²) >= 11 is 0. The number of aromatic nitrogens is 2. The van der Waals surface area contributed by atoms with Crippen LogP contribution in [-0.2, 0) is 15.2 Å². The number of carbonyl (C=O) groups is 2. The summed E-state index contributed by atoms with van der Waals surface area (Å²) in [5, 5.41) is 19.1. The minimum atomic E-state index is -1.62. The minimum Gasteiger partial charge on any atom is -0.381 e. The average molecular weight is 502 g/mol. The highest BCUT2D eigenvalue weighted by Gasteiger charge is 2.61. The maximum atomic E-state index is 13.8. The normalized spacial score (nSPS) is 27.8. The van der Waals surface area contributed by atoms with Crippen LogP contribution in [0.4, 0.5) is 5.69 Å². The maximum Gasteiger partial charge on any atom is 0.262 e. The molecule has 3 aliphatic rings. The summed E-state index contributed by atoms with van der Waals surface area (Å²) in [6, 6.07) is 12.9. The Morgan fingerprint density at radius 1 is 1.05 bits per heavy atom. The van der Waals surface area contributed by atoms with Gasteiger partial charge in [-0.15, -0.1) is 0 Å². The largest absolute Gasteiger partial charge is 0.381 e. The highest BCUT2D eigenvalue weighted by atomic mass is 16.3. The van der Waals surface area contributed by atoms with Crippen molar-refractivity contribution in [3.63, 3.8) is 0 Å². The van der Waals surface area contributed by atoms with Gasteiger partial charge in [-0.3, -0.25) is 29.2 Å². The first kappa shape index (κ1) is 23.8. The number of benzene rings is 2. The monoisotopic (exact) mass is 501 g/mol. The summed E-state index contributed by atoms with van der Waals surface area (Å²) in [6.45, 7) is 7.66. The van der Waals surface area contributed by atoms with Crippen LogP contribution in [0.5, 0.6) is 0 Å². The molecular formula is C28H31N5O4. The number of hydrogen-bond acceptors (Lipinski definition) is 6. The fourth-order valence-electron chi connectivity index (χ4n) is 6.16. The topological polar surface area (TPSA) is 117 Å². The first-order chi connectivity index (χ1) is 17.5. The predicted molar refractivity (Wildman–Crippen MR) is 139 cm³/mol. The molecule has 3 N–H and O–H groups in total. The molecule has 9 nitrogen and oxygen atoms in total. The Bertz CT molecular complexity index is 1510. The molecule has 3 aliphatic heterocycles. The Morgan fingerprint density at radius 3 is 2.51 bits per heavy atom. The van der Waals surface area contributed by atoms with Crippen molar-refractivity contribution in [2.24, 2.45) is 5.92 Å². The molecular weight excluding hydrogens is 470 g/mol. The summed E-state index contributed by atoms with van der Waals surface area (Å²) in [4.78, 5) is 47.2. The van der Waals surface area contributed by atoms with Gasteiger partial charge in [0.2, 0.25) is 11.8 Å². The molecule has 0 bridgehead atoms. The fourth-order valence-corrected chi connectivity index (χ4v) is 6.16. The van der Waals surface area contributed by atoms with Crippen LogP contribution in [0.3, 0.4) is 0 Å². The van der Waals surface area contributed by atoms with Crippen molar-refractivity contribution in [3.8, 4) is 0 Å². The van der Waals surface area contributed by atoms with Crippen LogP contribution < -0.4 is 21.1 Å². The highest BCUT2D eigenvalue weighted by Crippen LogP contribution is 2.50. The number of rotatable bonds is 4. The lowest BCUT2D eigenvalue weighted by Gasteiger charge is -2.38. The molecule has 192 valence electrons. The standard InChI is InChI=1S/C28H31N5O4/c1-15(2)13-19-22-29-18-11-7-5-9-16(18)24(35)32(22)21(23(34)30-19)14-28(37)17-10-6-8-12-20(17)33-25(28)31-27(3,4)26(33)36/h5-12,15,19,21,25,31,37H,13-14H2,1-4H3,(H,30,34)/t19-,21-,25-,28+/m1/s1. The predicted octanol–water partition coefficient (Wildman–Crippen LogP) is 2.49. The smallest absolute Gasteiger partial charge is 0.262 e. The second-order valence-electron chi connectivity index (χ2n) is 11.4. The number of para-hydroxylation sites is 2. The molecule has 4 atom stereocenters. The molecule has 2 amide bonds. The number of fused-ring (bicyclic) bond motifs is 5. The van der Waals surface area contributed by atoms with Crippen LogP contribution in [-0.4, -0.2) is 38.2 Å². The third kappa shape index (κ3) is 3.37. The molecule has 1 saturated heterocycles. The van der Waals surface area contributed by atoms with E-state index in [-0.39, 0.29) is 29.7 Å². The number of nitrogens with one attached hydrogen (secondary N) is 2. The van der Waals surface area contributed by atoms with E-state index in [9.17, 15) is 19.5 Å². The van der Waals surface area contributed by atoms with Gasteiger partial charge >= 0.3 is 0 Å². The van der Waals surface area contributed by atoms with E-state index in [0.717, 1.165) is 0 Å². The summed E-state index contributed by atoms with van der Waals surface area (Å²) in [6.07, 6.45) is -0.257. The summed E-state index contributed by atoms with van der Waals surface area (Å²) in [5.74, 6) is 0.250. The molecule has 37 heavy (non-hydrogen) atoms. The van der Waals surface area contributed by atoms with Gasteiger partial charge in [-0.2, -0.15) is 0 Å². The third-order valence-electron chi connectivity index (χ3n) is 7.88. The van der Waals surface area contributed by atoms with E-state index >= 15 is 0 Å². The molecule has 9 heteroatoms. The van der Waals surface area contributed by atoms with Crippen LogP contribution in [0.15, 0.2) is 53.3 Å². The van der Waals surface area contributed by atoms with Crippen molar-refractivity contribution in [2.45, 2.75) is 69.9 Å². The Balaban J connectivity index is 1.52. The van der Waals surface area contributed by atoms with Crippen molar-refractivity contribution in [3.05, 3.63) is 70.3 Å². The van der Waals surface area contributed by atoms with Gasteiger partial charge < -0.3 is 10.4 Å². The van der Waals surface area contributed by atoms with E-state index < -0.39 is 29.4 Å². The van der Waals surface area contributed by atoms with Gasteiger partial charge in [-0.25, -0.2) is 4.98 Å². The van der Waals surface area contributed by atoms with Crippen LogP contribution in [0.1, 0.15) is 64.0 Å². The minimum absolute atomic E-state index is 0.102. The molecule has 1 fully saturated rings. The van der Waals surface area contributed by atoms with Gasteiger partial charge in [0.1, 0.15) is 23.6 Å². The molecule has 0 radical (unpaired) electrons.